The molecule has 0 unspecified atom stereocenters. The molecular formula is C15H19N2+. The highest BCUT2D eigenvalue weighted by molar-refractivity contribution is 5.49. The Balaban J connectivity index is 2.54. The predicted molar refractivity (Wildman–Crippen MR) is 71.1 cm³/mol. The van der Waals surface area contributed by atoms with E-state index in [4.69, 9.17) is 5.73 Å². The van der Waals surface area contributed by atoms with Crippen molar-refractivity contribution in [3.63, 3.8) is 0 Å². The first-order valence-electron chi connectivity index (χ1n) is 5.84. The fraction of sp³-hybridized carbons (Fsp3) is 0.267. The lowest BCUT2D eigenvalue weighted by molar-refractivity contribution is -0.595. The summed E-state index contributed by atoms with van der Waals surface area (Å²) in [5.41, 5.74) is 9.26. The number of anilines is 1. The van der Waals surface area contributed by atoms with Gasteiger partial charge in [-0.2, -0.15) is 4.57 Å². The fourth-order valence-corrected chi connectivity index (χ4v) is 1.79. The average molecular weight is 227 g/mol. The molecule has 0 spiro atoms. The zero-order chi connectivity index (χ0) is 12.5. The van der Waals surface area contributed by atoms with Crippen LogP contribution in [0.25, 0.3) is 5.69 Å². The number of rotatable bonds is 1. The van der Waals surface area contributed by atoms with Gasteiger partial charge < -0.3 is 5.73 Å². The van der Waals surface area contributed by atoms with Gasteiger partial charge in [0.2, 0.25) is 5.69 Å². The molecule has 0 aliphatic carbocycles. The van der Waals surface area contributed by atoms with Crippen LogP contribution in [0.4, 0.5) is 5.69 Å². The van der Waals surface area contributed by atoms with Gasteiger partial charge in [-0.1, -0.05) is 26.8 Å². The molecule has 2 aromatic rings. The van der Waals surface area contributed by atoms with Crippen LogP contribution in [-0.4, -0.2) is 0 Å². The van der Waals surface area contributed by atoms with Crippen molar-refractivity contribution >= 4 is 5.69 Å². The zero-order valence-electron chi connectivity index (χ0n) is 10.6. The Bertz CT molecular complexity index is 510. The molecule has 0 aliphatic heterocycles. The Kier molecular flexibility index (Phi) is 2.88. The second-order valence-electron chi connectivity index (χ2n) is 5.35. The number of hydrogen-bond donors (Lipinski definition) is 1. The molecule has 2 rings (SSSR count). The number of benzene rings is 1. The largest absolute Gasteiger partial charge is 0.399 e. The van der Waals surface area contributed by atoms with Gasteiger partial charge in [-0.25, -0.2) is 0 Å². The Morgan fingerprint density at radius 2 is 1.59 bits per heavy atom. The maximum absolute atomic E-state index is 5.98. The molecular weight excluding hydrogens is 208 g/mol. The minimum absolute atomic E-state index is 0.111. The summed E-state index contributed by atoms with van der Waals surface area (Å²) in [5, 5.41) is 0. The molecule has 0 saturated heterocycles. The van der Waals surface area contributed by atoms with Gasteiger partial charge in [0.15, 0.2) is 12.4 Å². The first-order chi connectivity index (χ1) is 7.97. The van der Waals surface area contributed by atoms with Crippen molar-refractivity contribution in [2.24, 2.45) is 0 Å². The predicted octanol–water partition coefficient (Wildman–Crippen LogP) is 2.84. The van der Waals surface area contributed by atoms with Gasteiger partial charge in [-0.15, -0.1) is 0 Å². The monoisotopic (exact) mass is 227 g/mol. The number of pyridine rings is 1. The van der Waals surface area contributed by atoms with Crippen molar-refractivity contribution in [2.75, 3.05) is 5.73 Å². The Morgan fingerprint density at radius 3 is 2.18 bits per heavy atom. The van der Waals surface area contributed by atoms with E-state index < -0.39 is 0 Å². The average Bonchev–Trinajstić information content (AvgIpc) is 2.28. The van der Waals surface area contributed by atoms with Gasteiger partial charge in [0.25, 0.3) is 0 Å². The first-order valence-corrected chi connectivity index (χ1v) is 5.84. The third-order valence-corrected chi connectivity index (χ3v) is 2.82. The van der Waals surface area contributed by atoms with Crippen LogP contribution in [0.3, 0.4) is 0 Å². The summed E-state index contributed by atoms with van der Waals surface area (Å²) in [6.07, 6.45) is 4.06. The number of nitrogens with two attached hydrogens (primary N) is 1. The molecule has 0 fully saturated rings. The van der Waals surface area contributed by atoms with Gasteiger partial charge in [0.05, 0.1) is 0 Å². The quantitative estimate of drug-likeness (QED) is 0.589. The highest BCUT2D eigenvalue weighted by atomic mass is 14.9. The van der Waals surface area contributed by atoms with E-state index in [-0.39, 0.29) is 5.41 Å². The molecule has 1 heterocycles. The van der Waals surface area contributed by atoms with Gasteiger partial charge >= 0.3 is 0 Å². The van der Waals surface area contributed by atoms with E-state index in [1.165, 1.54) is 5.56 Å². The molecule has 0 amide bonds. The Labute approximate surface area is 103 Å². The molecule has 2 heteroatoms. The lowest BCUT2D eigenvalue weighted by atomic mass is 9.86. The van der Waals surface area contributed by atoms with Crippen LogP contribution in [0.15, 0.2) is 48.8 Å². The second kappa shape index (κ2) is 4.21. The third kappa shape index (κ3) is 2.64. The van der Waals surface area contributed by atoms with Crippen LogP contribution < -0.4 is 10.3 Å². The molecule has 0 atom stereocenters. The summed E-state index contributed by atoms with van der Waals surface area (Å²) < 4.78 is 2.08. The fourth-order valence-electron chi connectivity index (χ4n) is 1.79. The van der Waals surface area contributed by atoms with Crippen LogP contribution in [0, 0.1) is 0 Å². The second-order valence-corrected chi connectivity index (χ2v) is 5.35. The summed E-state index contributed by atoms with van der Waals surface area (Å²) in [7, 11) is 0. The Morgan fingerprint density at radius 1 is 0.941 bits per heavy atom. The van der Waals surface area contributed by atoms with Gasteiger partial charge in [0.1, 0.15) is 0 Å². The van der Waals surface area contributed by atoms with Crippen LogP contribution in [-0.2, 0) is 5.41 Å². The van der Waals surface area contributed by atoms with Crippen molar-refractivity contribution in [3.05, 3.63) is 54.4 Å². The SMILES string of the molecule is CC(C)(C)c1cc(N)cc(-[n+]2ccccc2)c1. The highest BCUT2D eigenvalue weighted by Gasteiger charge is 2.17. The lowest BCUT2D eigenvalue weighted by Gasteiger charge is -2.19. The standard InChI is InChI=1S/C15H19N2/c1-15(2,3)12-9-13(16)11-14(10-12)17-7-5-4-6-8-17/h4-11H,16H2,1-3H3/q+1. The van der Waals surface area contributed by atoms with Crippen molar-refractivity contribution < 1.29 is 4.57 Å². The van der Waals surface area contributed by atoms with E-state index in [1.54, 1.807) is 0 Å². The number of hydrogen-bond acceptors (Lipinski definition) is 1. The molecule has 1 aromatic heterocycles. The smallest absolute Gasteiger partial charge is 0.212 e. The summed E-state index contributed by atoms with van der Waals surface area (Å²) in [6.45, 7) is 6.59. The maximum atomic E-state index is 5.98. The summed E-state index contributed by atoms with van der Waals surface area (Å²) in [6, 6.07) is 12.3. The van der Waals surface area contributed by atoms with Crippen LogP contribution >= 0.6 is 0 Å². The molecule has 88 valence electrons. The summed E-state index contributed by atoms with van der Waals surface area (Å²) in [4.78, 5) is 0. The van der Waals surface area contributed by atoms with E-state index in [2.05, 4.69) is 31.4 Å². The number of nitrogens with zero attached hydrogens (tertiary/aromatic N) is 1. The van der Waals surface area contributed by atoms with Crippen molar-refractivity contribution in [2.45, 2.75) is 26.2 Å². The van der Waals surface area contributed by atoms with Gasteiger partial charge in [-0.3, -0.25) is 0 Å². The molecule has 2 nitrogen and oxygen atoms in total. The van der Waals surface area contributed by atoms with Crippen molar-refractivity contribution in [1.82, 2.24) is 0 Å². The van der Waals surface area contributed by atoms with E-state index in [9.17, 15) is 0 Å². The minimum atomic E-state index is 0.111. The van der Waals surface area contributed by atoms with Crippen molar-refractivity contribution in [3.8, 4) is 5.69 Å². The number of nitrogen functional groups attached to an aromatic ring is 1. The molecule has 0 bridgehead atoms. The minimum Gasteiger partial charge on any atom is -0.399 e. The molecule has 2 N–H and O–H groups in total. The Hall–Kier alpha value is -1.83. The normalized spacial score (nSPS) is 11.5. The zero-order valence-corrected chi connectivity index (χ0v) is 10.6. The molecule has 0 saturated carbocycles. The maximum Gasteiger partial charge on any atom is 0.212 e. The third-order valence-electron chi connectivity index (χ3n) is 2.82. The molecule has 1 aromatic carbocycles. The van der Waals surface area contributed by atoms with Crippen molar-refractivity contribution in [1.29, 1.82) is 0 Å². The van der Waals surface area contributed by atoms with E-state index in [0.717, 1.165) is 11.4 Å². The van der Waals surface area contributed by atoms with Crippen LogP contribution in [0.1, 0.15) is 26.3 Å². The first kappa shape index (κ1) is 11.6. The highest BCUT2D eigenvalue weighted by Crippen LogP contribution is 2.25. The van der Waals surface area contributed by atoms with Gasteiger partial charge in [0, 0.05) is 30.0 Å². The van der Waals surface area contributed by atoms with Gasteiger partial charge in [-0.05, 0) is 17.0 Å². The topological polar surface area (TPSA) is 29.9 Å². The lowest BCUT2D eigenvalue weighted by Crippen LogP contribution is -2.29. The van der Waals surface area contributed by atoms with E-state index >= 15 is 0 Å². The molecule has 0 radical (unpaired) electrons. The molecule has 0 aliphatic rings. The number of aromatic nitrogens is 1. The van der Waals surface area contributed by atoms with E-state index in [0.29, 0.717) is 0 Å². The van der Waals surface area contributed by atoms with E-state index in [1.807, 2.05) is 42.7 Å². The summed E-state index contributed by atoms with van der Waals surface area (Å²) in [5.74, 6) is 0. The molecule has 17 heavy (non-hydrogen) atoms. The van der Waals surface area contributed by atoms with Crippen LogP contribution in [0.2, 0.25) is 0 Å². The van der Waals surface area contributed by atoms with Crippen LogP contribution in [0.5, 0.6) is 0 Å². The summed E-state index contributed by atoms with van der Waals surface area (Å²) >= 11 is 0.